The van der Waals surface area contributed by atoms with E-state index in [0.717, 1.165) is 30.2 Å². The summed E-state index contributed by atoms with van der Waals surface area (Å²) in [6, 6.07) is 7.34. The molecule has 1 aromatic heterocycles. The number of carbonyl (C=O) groups excluding carboxylic acids is 1. The molecule has 2 aromatic rings. The lowest BCUT2D eigenvalue weighted by Gasteiger charge is -2.36. The number of hydrogen-bond acceptors (Lipinski definition) is 5. The minimum Gasteiger partial charge on any atom is -0.493 e. The maximum absolute atomic E-state index is 12.4. The Morgan fingerprint density at radius 2 is 1.84 bits per heavy atom. The lowest BCUT2D eigenvalue weighted by atomic mass is 10.2. The van der Waals surface area contributed by atoms with Gasteiger partial charge in [-0.2, -0.15) is 5.10 Å². The summed E-state index contributed by atoms with van der Waals surface area (Å²) in [5.74, 6) is 1.21. The normalized spacial score (nSPS) is 14.5. The summed E-state index contributed by atoms with van der Waals surface area (Å²) in [5.41, 5.74) is 3.21. The fraction of sp³-hybridized carbons (Fsp3) is 0.444. The third-order valence-electron chi connectivity index (χ3n) is 4.46. The Morgan fingerprint density at radius 1 is 1.16 bits per heavy atom. The quantitative estimate of drug-likeness (QED) is 0.895. The van der Waals surface area contributed by atoms with E-state index in [-0.39, 0.29) is 12.5 Å². The molecule has 7 nitrogen and oxygen atoms in total. The van der Waals surface area contributed by atoms with E-state index in [9.17, 15) is 4.79 Å². The molecule has 0 radical (unpaired) electrons. The van der Waals surface area contributed by atoms with Crippen LogP contribution in [-0.2, 0) is 4.79 Å². The van der Waals surface area contributed by atoms with Crippen LogP contribution in [0.1, 0.15) is 11.4 Å². The van der Waals surface area contributed by atoms with Crippen LogP contribution in [0.2, 0.25) is 0 Å². The maximum atomic E-state index is 12.4. The number of nitrogens with zero attached hydrogens (tertiary/aromatic N) is 3. The molecule has 25 heavy (non-hydrogen) atoms. The number of amides is 1. The van der Waals surface area contributed by atoms with E-state index < -0.39 is 0 Å². The average molecular weight is 344 g/mol. The number of anilines is 1. The Morgan fingerprint density at radius 3 is 2.44 bits per heavy atom. The Balaban J connectivity index is 1.53. The third-order valence-corrected chi connectivity index (χ3v) is 4.46. The molecule has 1 saturated heterocycles. The van der Waals surface area contributed by atoms with Gasteiger partial charge in [-0.1, -0.05) is 12.1 Å². The highest BCUT2D eigenvalue weighted by Crippen LogP contribution is 2.26. The predicted molar refractivity (Wildman–Crippen MR) is 95.3 cm³/mol. The van der Waals surface area contributed by atoms with Crippen molar-refractivity contribution in [1.29, 1.82) is 0 Å². The zero-order valence-corrected chi connectivity index (χ0v) is 14.9. The zero-order chi connectivity index (χ0) is 17.8. The molecule has 2 heterocycles. The summed E-state index contributed by atoms with van der Waals surface area (Å²) in [7, 11) is 1.59. The van der Waals surface area contributed by atoms with Crippen molar-refractivity contribution in [2.45, 2.75) is 13.8 Å². The molecular weight excluding hydrogens is 320 g/mol. The molecule has 7 heteroatoms. The number of methoxy groups -OCH3 is 1. The fourth-order valence-electron chi connectivity index (χ4n) is 3.16. The van der Waals surface area contributed by atoms with Crippen molar-refractivity contribution in [2.24, 2.45) is 0 Å². The first-order valence-electron chi connectivity index (χ1n) is 8.40. The van der Waals surface area contributed by atoms with Crippen LogP contribution < -0.4 is 14.4 Å². The number of carbonyl (C=O) groups is 1. The van der Waals surface area contributed by atoms with E-state index in [2.05, 4.69) is 15.1 Å². The van der Waals surface area contributed by atoms with Crippen molar-refractivity contribution in [3.63, 3.8) is 0 Å². The molecule has 0 spiro atoms. The van der Waals surface area contributed by atoms with Gasteiger partial charge in [0.15, 0.2) is 18.1 Å². The Labute approximate surface area is 147 Å². The van der Waals surface area contributed by atoms with Gasteiger partial charge < -0.3 is 19.3 Å². The van der Waals surface area contributed by atoms with E-state index in [1.807, 2.05) is 36.9 Å². The molecule has 0 unspecified atom stereocenters. The molecule has 3 rings (SSSR count). The second-order valence-electron chi connectivity index (χ2n) is 6.09. The number of aryl methyl sites for hydroxylation is 2. The third kappa shape index (κ3) is 3.70. The molecule has 1 N–H and O–H groups in total. The molecule has 0 atom stereocenters. The maximum Gasteiger partial charge on any atom is 0.260 e. The van der Waals surface area contributed by atoms with Gasteiger partial charge in [0.05, 0.1) is 24.2 Å². The van der Waals surface area contributed by atoms with Crippen molar-refractivity contribution in [2.75, 3.05) is 44.8 Å². The minimum absolute atomic E-state index is 0.00815. The zero-order valence-electron chi connectivity index (χ0n) is 14.9. The second kappa shape index (κ2) is 7.46. The van der Waals surface area contributed by atoms with Crippen LogP contribution in [-0.4, -0.2) is 60.9 Å². The number of H-pyrrole nitrogens is 1. The number of nitrogens with one attached hydrogen (secondary N) is 1. The summed E-state index contributed by atoms with van der Waals surface area (Å²) in [6.45, 7) is 6.98. The number of piperazine rings is 1. The number of hydrogen-bond donors (Lipinski definition) is 1. The number of aromatic amines is 1. The van der Waals surface area contributed by atoms with E-state index in [0.29, 0.717) is 24.6 Å². The van der Waals surface area contributed by atoms with Crippen LogP contribution in [0.15, 0.2) is 24.3 Å². The van der Waals surface area contributed by atoms with Gasteiger partial charge in [0.25, 0.3) is 5.91 Å². The van der Waals surface area contributed by atoms with Gasteiger partial charge in [-0.05, 0) is 26.0 Å². The van der Waals surface area contributed by atoms with Crippen LogP contribution in [0.3, 0.4) is 0 Å². The van der Waals surface area contributed by atoms with E-state index in [1.165, 1.54) is 0 Å². The van der Waals surface area contributed by atoms with Crippen LogP contribution in [0, 0.1) is 13.8 Å². The molecule has 1 aromatic carbocycles. The number of rotatable bonds is 5. The number of para-hydroxylation sites is 2. The van der Waals surface area contributed by atoms with Crippen molar-refractivity contribution in [3.8, 4) is 11.5 Å². The summed E-state index contributed by atoms with van der Waals surface area (Å²) in [6.07, 6.45) is 0. The average Bonchev–Trinajstić information content (AvgIpc) is 2.98. The lowest BCUT2D eigenvalue weighted by molar-refractivity contribution is -0.133. The van der Waals surface area contributed by atoms with Crippen LogP contribution >= 0.6 is 0 Å². The van der Waals surface area contributed by atoms with Crippen LogP contribution in [0.5, 0.6) is 11.5 Å². The van der Waals surface area contributed by atoms with Crippen LogP contribution in [0.25, 0.3) is 0 Å². The summed E-state index contributed by atoms with van der Waals surface area (Å²) in [5, 5.41) is 7.26. The first kappa shape index (κ1) is 17.1. The van der Waals surface area contributed by atoms with Gasteiger partial charge in [-0.25, -0.2) is 0 Å². The first-order chi connectivity index (χ1) is 12.1. The van der Waals surface area contributed by atoms with Gasteiger partial charge in [-0.15, -0.1) is 0 Å². The van der Waals surface area contributed by atoms with E-state index in [4.69, 9.17) is 9.47 Å². The number of ether oxygens (including phenoxy) is 2. The Bertz CT molecular complexity index is 716. The SMILES string of the molecule is COc1ccccc1OCC(=O)N1CCN(c2c(C)n[nH]c2C)CC1. The standard InChI is InChI=1S/C18H24N4O3/c1-13-18(14(2)20-19-13)22-10-8-21(9-11-22)17(23)12-25-16-7-5-4-6-15(16)24-3/h4-7H,8-12H2,1-3H3,(H,19,20). The van der Waals surface area contributed by atoms with Crippen LogP contribution in [0.4, 0.5) is 5.69 Å². The molecular formula is C18H24N4O3. The molecule has 0 bridgehead atoms. The van der Waals surface area contributed by atoms with Gasteiger partial charge in [0.1, 0.15) is 0 Å². The topological polar surface area (TPSA) is 70.7 Å². The highest BCUT2D eigenvalue weighted by atomic mass is 16.5. The Hall–Kier alpha value is -2.70. The summed E-state index contributed by atoms with van der Waals surface area (Å²) >= 11 is 0. The Kier molecular flexibility index (Phi) is 5.11. The van der Waals surface area contributed by atoms with Gasteiger partial charge in [-0.3, -0.25) is 9.89 Å². The summed E-state index contributed by atoms with van der Waals surface area (Å²) in [4.78, 5) is 16.5. The van der Waals surface area contributed by atoms with E-state index in [1.54, 1.807) is 13.2 Å². The number of aromatic nitrogens is 2. The predicted octanol–water partition coefficient (Wildman–Crippen LogP) is 1.76. The molecule has 1 amide bonds. The molecule has 1 aliphatic heterocycles. The van der Waals surface area contributed by atoms with Gasteiger partial charge in [0.2, 0.25) is 0 Å². The fourth-order valence-corrected chi connectivity index (χ4v) is 3.16. The van der Waals surface area contributed by atoms with Crippen molar-refractivity contribution < 1.29 is 14.3 Å². The molecule has 1 fully saturated rings. The molecule has 0 saturated carbocycles. The van der Waals surface area contributed by atoms with Gasteiger partial charge in [0, 0.05) is 26.2 Å². The van der Waals surface area contributed by atoms with Crippen molar-refractivity contribution in [3.05, 3.63) is 35.7 Å². The van der Waals surface area contributed by atoms with Gasteiger partial charge >= 0.3 is 0 Å². The van der Waals surface area contributed by atoms with E-state index >= 15 is 0 Å². The van der Waals surface area contributed by atoms with Crippen molar-refractivity contribution in [1.82, 2.24) is 15.1 Å². The smallest absolute Gasteiger partial charge is 0.260 e. The molecule has 0 aliphatic carbocycles. The monoisotopic (exact) mass is 344 g/mol. The molecule has 1 aliphatic rings. The summed E-state index contributed by atoms with van der Waals surface area (Å²) < 4.78 is 10.9. The lowest BCUT2D eigenvalue weighted by Crippen LogP contribution is -2.50. The highest BCUT2D eigenvalue weighted by molar-refractivity contribution is 5.78. The largest absolute Gasteiger partial charge is 0.493 e. The first-order valence-corrected chi connectivity index (χ1v) is 8.40. The highest BCUT2D eigenvalue weighted by Gasteiger charge is 2.24. The minimum atomic E-state index is -0.00815. The van der Waals surface area contributed by atoms with Crippen molar-refractivity contribution >= 4 is 11.6 Å². The number of benzene rings is 1. The second-order valence-corrected chi connectivity index (χ2v) is 6.09. The molecule has 134 valence electrons.